The first-order valence-electron chi connectivity index (χ1n) is 13.7. The zero-order chi connectivity index (χ0) is 29.0. The van der Waals surface area contributed by atoms with E-state index in [1.165, 1.54) is 0 Å². The molecular weight excluding hydrogens is 522 g/mol. The van der Waals surface area contributed by atoms with E-state index < -0.39 is 41.4 Å². The Morgan fingerprint density at radius 1 is 0.951 bits per heavy atom. The smallest absolute Gasteiger partial charge is 0.330 e. The Bertz CT molecular complexity index is 1390. The van der Waals surface area contributed by atoms with Gasteiger partial charge in [0.25, 0.3) is 0 Å². The summed E-state index contributed by atoms with van der Waals surface area (Å²) in [4.78, 5) is 38.4. The number of nitrogens with one attached hydrogen (secondary N) is 1. The lowest BCUT2D eigenvalue weighted by atomic mass is 9.51. The predicted molar refractivity (Wildman–Crippen MR) is 152 cm³/mol. The van der Waals surface area contributed by atoms with Gasteiger partial charge in [0.1, 0.15) is 11.5 Å². The molecule has 0 radical (unpaired) electrons. The van der Waals surface area contributed by atoms with Gasteiger partial charge in [-0.3, -0.25) is 9.59 Å². The van der Waals surface area contributed by atoms with Gasteiger partial charge in [-0.1, -0.05) is 73.3 Å². The summed E-state index contributed by atoms with van der Waals surface area (Å²) < 4.78 is 17.6. The van der Waals surface area contributed by atoms with Gasteiger partial charge in [-0.05, 0) is 41.3 Å². The molecule has 0 spiro atoms. The van der Waals surface area contributed by atoms with Crippen molar-refractivity contribution in [1.82, 2.24) is 0 Å². The number of carboxylic acid groups (broad SMARTS) is 1. The standard InChI is InChI=1S/C33H33NO7/c1-3-27(35)40-19-11-18-39-21(2)20-41-33-25-16-9-7-14-23(25)28(24-15-8-10-17-26(24)33)29(30(33)32(37)38)31(36)34-22-12-5-4-6-13-22/h3-10,12-17,21,28-30H,1,11,18-20H2,2H3,(H,34,36)(H,37,38). The van der Waals surface area contributed by atoms with Crippen molar-refractivity contribution in [3.63, 3.8) is 0 Å². The third-order valence-corrected chi connectivity index (χ3v) is 7.81. The van der Waals surface area contributed by atoms with Gasteiger partial charge in [0.05, 0.1) is 31.8 Å². The lowest BCUT2D eigenvalue weighted by molar-refractivity contribution is -0.174. The van der Waals surface area contributed by atoms with Gasteiger partial charge < -0.3 is 24.6 Å². The highest BCUT2D eigenvalue weighted by Crippen LogP contribution is 2.62. The van der Waals surface area contributed by atoms with Gasteiger partial charge in [0.2, 0.25) is 5.91 Å². The molecule has 3 aromatic rings. The molecule has 3 atom stereocenters. The second-order valence-corrected chi connectivity index (χ2v) is 10.3. The molecule has 0 heterocycles. The van der Waals surface area contributed by atoms with E-state index in [2.05, 4.69) is 11.9 Å². The Labute approximate surface area is 238 Å². The number of ether oxygens (including phenoxy) is 3. The zero-order valence-electron chi connectivity index (χ0n) is 22.8. The van der Waals surface area contributed by atoms with Crippen molar-refractivity contribution in [2.45, 2.75) is 31.0 Å². The molecule has 8 heteroatoms. The summed E-state index contributed by atoms with van der Waals surface area (Å²) in [5.74, 6) is -4.53. The second kappa shape index (κ2) is 12.1. The summed E-state index contributed by atoms with van der Waals surface area (Å²) in [6, 6.07) is 24.3. The third kappa shape index (κ3) is 5.28. The molecule has 3 unspecified atom stereocenters. The Kier molecular flexibility index (Phi) is 8.33. The van der Waals surface area contributed by atoms with Crippen LogP contribution in [-0.2, 0) is 34.2 Å². The first-order chi connectivity index (χ1) is 19.9. The summed E-state index contributed by atoms with van der Waals surface area (Å²) >= 11 is 0. The second-order valence-electron chi connectivity index (χ2n) is 10.3. The van der Waals surface area contributed by atoms with Crippen molar-refractivity contribution >= 4 is 23.5 Å². The van der Waals surface area contributed by atoms with Crippen LogP contribution in [0.15, 0.2) is 91.5 Å². The zero-order valence-corrected chi connectivity index (χ0v) is 22.8. The molecule has 0 saturated heterocycles. The van der Waals surface area contributed by atoms with Gasteiger partial charge in [0.15, 0.2) is 0 Å². The monoisotopic (exact) mass is 555 g/mol. The van der Waals surface area contributed by atoms with Crippen molar-refractivity contribution in [2.24, 2.45) is 11.8 Å². The van der Waals surface area contributed by atoms with Crippen LogP contribution >= 0.6 is 0 Å². The van der Waals surface area contributed by atoms with Gasteiger partial charge in [-0.25, -0.2) is 4.79 Å². The molecule has 2 N–H and O–H groups in total. The number of hydrogen-bond acceptors (Lipinski definition) is 6. The average molecular weight is 556 g/mol. The highest BCUT2D eigenvalue weighted by atomic mass is 16.6. The maximum absolute atomic E-state index is 13.9. The largest absolute Gasteiger partial charge is 0.481 e. The first kappa shape index (κ1) is 28.3. The molecule has 212 valence electrons. The predicted octanol–water partition coefficient (Wildman–Crippen LogP) is 4.89. The minimum atomic E-state index is -1.41. The normalized spacial score (nSPS) is 22.6. The van der Waals surface area contributed by atoms with E-state index >= 15 is 0 Å². The third-order valence-electron chi connectivity index (χ3n) is 7.81. The summed E-state index contributed by atoms with van der Waals surface area (Å²) in [6.07, 6.45) is 1.20. The van der Waals surface area contributed by atoms with Crippen molar-refractivity contribution in [2.75, 3.05) is 25.1 Å². The first-order valence-corrected chi connectivity index (χ1v) is 13.7. The van der Waals surface area contributed by atoms with Gasteiger partial charge >= 0.3 is 11.9 Å². The maximum Gasteiger partial charge on any atom is 0.330 e. The fraction of sp³-hybridized carbons (Fsp3) is 0.303. The number of esters is 1. The van der Waals surface area contributed by atoms with Crippen molar-refractivity contribution in [3.05, 3.63) is 114 Å². The number of anilines is 1. The molecule has 3 aliphatic carbocycles. The van der Waals surface area contributed by atoms with Crippen LogP contribution in [0.4, 0.5) is 5.69 Å². The highest BCUT2D eigenvalue weighted by molar-refractivity contribution is 5.98. The Morgan fingerprint density at radius 3 is 2.17 bits per heavy atom. The van der Waals surface area contributed by atoms with E-state index in [0.29, 0.717) is 18.7 Å². The molecule has 0 saturated carbocycles. The molecule has 0 aliphatic heterocycles. The van der Waals surface area contributed by atoms with Gasteiger partial charge in [-0.15, -0.1) is 0 Å². The summed E-state index contributed by atoms with van der Waals surface area (Å²) in [7, 11) is 0. The van der Waals surface area contributed by atoms with Crippen LogP contribution < -0.4 is 5.32 Å². The van der Waals surface area contributed by atoms with Crippen molar-refractivity contribution in [3.8, 4) is 0 Å². The Balaban J connectivity index is 1.49. The van der Waals surface area contributed by atoms with Crippen LogP contribution in [0, 0.1) is 11.8 Å². The number of carboxylic acids is 1. The van der Waals surface area contributed by atoms with Crippen LogP contribution in [0.2, 0.25) is 0 Å². The highest BCUT2D eigenvalue weighted by Gasteiger charge is 2.64. The quantitative estimate of drug-likeness (QED) is 0.186. The molecule has 41 heavy (non-hydrogen) atoms. The molecule has 2 bridgehead atoms. The van der Waals surface area contributed by atoms with Gasteiger partial charge in [0, 0.05) is 24.1 Å². The van der Waals surface area contributed by atoms with E-state index in [0.717, 1.165) is 28.3 Å². The number of carbonyl (C=O) groups is 3. The van der Waals surface area contributed by atoms with Crippen LogP contribution in [0.5, 0.6) is 0 Å². The molecular formula is C33H33NO7. The number of rotatable bonds is 12. The number of benzene rings is 3. The fourth-order valence-corrected chi connectivity index (χ4v) is 6.19. The van der Waals surface area contributed by atoms with Crippen molar-refractivity contribution in [1.29, 1.82) is 0 Å². The van der Waals surface area contributed by atoms with Crippen molar-refractivity contribution < 1.29 is 33.7 Å². The molecule has 8 nitrogen and oxygen atoms in total. The van der Waals surface area contributed by atoms with Crippen LogP contribution in [-0.4, -0.2) is 48.9 Å². The fourth-order valence-electron chi connectivity index (χ4n) is 6.19. The number of fused-ring (bicyclic) bond motifs is 1. The van der Waals surface area contributed by atoms with E-state index in [4.69, 9.17) is 14.2 Å². The topological polar surface area (TPSA) is 111 Å². The number of carbonyl (C=O) groups excluding carboxylic acids is 2. The molecule has 3 aromatic carbocycles. The SMILES string of the molecule is C=CC(=O)OCCCOC(C)COC12c3ccccc3C(c3ccccc31)C(C(=O)Nc1ccccc1)C2C(=O)O. The molecule has 3 aliphatic rings. The van der Waals surface area contributed by atoms with E-state index in [9.17, 15) is 19.5 Å². The Hall–Kier alpha value is -4.27. The number of para-hydroxylation sites is 1. The summed E-state index contributed by atoms with van der Waals surface area (Å²) in [5.41, 5.74) is 2.46. The number of aliphatic carboxylic acids is 1. The molecule has 6 rings (SSSR count). The average Bonchev–Trinajstić information content (AvgIpc) is 2.99. The summed E-state index contributed by atoms with van der Waals surface area (Å²) in [6.45, 7) is 5.81. The molecule has 0 fully saturated rings. The van der Waals surface area contributed by atoms with E-state index in [-0.39, 0.29) is 19.1 Å². The van der Waals surface area contributed by atoms with Crippen LogP contribution in [0.1, 0.15) is 41.5 Å². The molecule has 1 amide bonds. The van der Waals surface area contributed by atoms with E-state index in [1.54, 1.807) is 12.1 Å². The maximum atomic E-state index is 13.9. The summed E-state index contributed by atoms with van der Waals surface area (Å²) in [5, 5.41) is 13.7. The lowest BCUT2D eigenvalue weighted by Gasteiger charge is -2.55. The number of hydrogen-bond donors (Lipinski definition) is 2. The van der Waals surface area contributed by atoms with E-state index in [1.807, 2.05) is 73.7 Å². The lowest BCUT2D eigenvalue weighted by Crippen LogP contribution is -2.59. The minimum Gasteiger partial charge on any atom is -0.481 e. The van der Waals surface area contributed by atoms with Crippen LogP contribution in [0.25, 0.3) is 0 Å². The minimum absolute atomic E-state index is 0.0799. The number of amides is 1. The van der Waals surface area contributed by atoms with Gasteiger partial charge in [-0.2, -0.15) is 0 Å². The molecule has 0 aromatic heterocycles. The Morgan fingerprint density at radius 2 is 1.56 bits per heavy atom. The van der Waals surface area contributed by atoms with Crippen LogP contribution in [0.3, 0.4) is 0 Å².